The van der Waals surface area contributed by atoms with Gasteiger partial charge in [-0.05, 0) is 37.0 Å². The van der Waals surface area contributed by atoms with Gasteiger partial charge in [0.2, 0.25) is 0 Å². The minimum Gasteiger partial charge on any atom is -0.227 e. The Morgan fingerprint density at radius 1 is 1.30 bits per heavy atom. The molecule has 0 amide bonds. The molecule has 1 unspecified atom stereocenters. The maximum atomic E-state index is 12.1. The van der Waals surface area contributed by atoms with Crippen LogP contribution in [0.4, 0.5) is 13.2 Å². The Kier molecular flexibility index (Phi) is 5.12. The van der Waals surface area contributed by atoms with Gasteiger partial charge >= 0.3 is 6.18 Å². The van der Waals surface area contributed by atoms with Gasteiger partial charge in [-0.1, -0.05) is 13.8 Å². The first-order valence-corrected chi connectivity index (χ1v) is 8.36. The first kappa shape index (κ1) is 17.3. The Hall–Kier alpha value is -0.770. The zero-order chi connectivity index (χ0) is 15.6. The van der Waals surface area contributed by atoms with Crippen LogP contribution < -0.4 is 0 Å². The molecule has 116 valence electrons. The predicted molar refractivity (Wildman–Crippen MR) is 69.6 cm³/mol. The molecule has 0 aromatic carbocycles. The number of alkyl halides is 3. The van der Waals surface area contributed by atoms with E-state index < -0.39 is 33.4 Å². The van der Waals surface area contributed by atoms with Crippen molar-refractivity contribution in [3.05, 3.63) is 0 Å². The predicted octanol–water partition coefficient (Wildman–Crippen LogP) is 3.46. The Morgan fingerprint density at radius 2 is 1.80 bits per heavy atom. The van der Waals surface area contributed by atoms with E-state index in [1.165, 1.54) is 0 Å². The summed E-state index contributed by atoms with van der Waals surface area (Å²) in [5, 5.41) is 7.76. The van der Waals surface area contributed by atoms with Crippen LogP contribution in [-0.2, 0) is 9.84 Å². The second-order valence-corrected chi connectivity index (χ2v) is 8.53. The summed E-state index contributed by atoms with van der Waals surface area (Å²) in [5.74, 6) is -1.33. The maximum Gasteiger partial charge on any atom is 0.390 e. The zero-order valence-electron chi connectivity index (χ0n) is 11.7. The van der Waals surface area contributed by atoms with E-state index in [0.717, 1.165) is 12.8 Å². The van der Waals surface area contributed by atoms with E-state index in [1.54, 1.807) is 6.07 Å². The standard InChI is InChI=1S/C13H20F3NO2S/c1-12(2)5-3-10(4-6-12)11(9-17)20(18,19)8-7-13(14,15)16/h10-11H,3-8H2,1-2H3. The fraction of sp³-hybridized carbons (Fsp3) is 0.923. The molecule has 1 rings (SSSR count). The van der Waals surface area contributed by atoms with Gasteiger partial charge < -0.3 is 0 Å². The number of nitrogens with zero attached hydrogens (tertiary/aromatic N) is 1. The summed E-state index contributed by atoms with van der Waals surface area (Å²) in [6, 6.07) is 1.72. The summed E-state index contributed by atoms with van der Waals surface area (Å²) in [4.78, 5) is 0. The fourth-order valence-electron chi connectivity index (χ4n) is 2.59. The van der Waals surface area contributed by atoms with Crippen LogP contribution in [0.5, 0.6) is 0 Å². The number of rotatable bonds is 4. The van der Waals surface area contributed by atoms with Gasteiger partial charge in [0.05, 0.1) is 18.2 Å². The van der Waals surface area contributed by atoms with Crippen molar-refractivity contribution >= 4 is 9.84 Å². The van der Waals surface area contributed by atoms with Crippen LogP contribution in [0.1, 0.15) is 46.0 Å². The molecular formula is C13H20F3NO2S. The van der Waals surface area contributed by atoms with Gasteiger partial charge in [-0.2, -0.15) is 18.4 Å². The second kappa shape index (κ2) is 5.92. The number of hydrogen-bond donors (Lipinski definition) is 0. The van der Waals surface area contributed by atoms with Gasteiger partial charge in [0, 0.05) is 0 Å². The van der Waals surface area contributed by atoms with E-state index in [1.807, 2.05) is 0 Å². The third kappa shape index (κ3) is 4.97. The smallest absolute Gasteiger partial charge is 0.227 e. The largest absolute Gasteiger partial charge is 0.390 e. The summed E-state index contributed by atoms with van der Waals surface area (Å²) in [6.45, 7) is 4.14. The summed E-state index contributed by atoms with van der Waals surface area (Å²) < 4.78 is 60.3. The van der Waals surface area contributed by atoms with Gasteiger partial charge in [-0.15, -0.1) is 0 Å². The van der Waals surface area contributed by atoms with Gasteiger partial charge in [0.25, 0.3) is 0 Å². The molecule has 0 aliphatic heterocycles. The fourth-order valence-corrected chi connectivity index (χ4v) is 4.38. The first-order chi connectivity index (χ1) is 8.97. The molecule has 1 atom stereocenters. The van der Waals surface area contributed by atoms with E-state index in [4.69, 9.17) is 5.26 Å². The summed E-state index contributed by atoms with van der Waals surface area (Å²) >= 11 is 0. The molecule has 0 radical (unpaired) electrons. The van der Waals surface area contributed by atoms with Gasteiger partial charge in [-0.3, -0.25) is 0 Å². The molecule has 20 heavy (non-hydrogen) atoms. The summed E-state index contributed by atoms with van der Waals surface area (Å²) in [7, 11) is -4.02. The number of sulfone groups is 1. The monoisotopic (exact) mass is 311 g/mol. The van der Waals surface area contributed by atoms with Crippen LogP contribution in [0.2, 0.25) is 0 Å². The van der Waals surface area contributed by atoms with Crippen molar-refractivity contribution in [2.75, 3.05) is 5.75 Å². The highest BCUT2D eigenvalue weighted by molar-refractivity contribution is 7.92. The van der Waals surface area contributed by atoms with Crippen LogP contribution in [0.25, 0.3) is 0 Å². The molecule has 7 heteroatoms. The van der Waals surface area contributed by atoms with Crippen molar-refractivity contribution < 1.29 is 21.6 Å². The molecule has 1 aliphatic carbocycles. The van der Waals surface area contributed by atoms with Crippen LogP contribution in [-0.4, -0.2) is 25.6 Å². The van der Waals surface area contributed by atoms with Gasteiger partial charge in [0.15, 0.2) is 15.1 Å². The second-order valence-electron chi connectivity index (χ2n) is 6.28. The topological polar surface area (TPSA) is 57.9 Å². The zero-order valence-corrected chi connectivity index (χ0v) is 12.5. The van der Waals surface area contributed by atoms with Crippen molar-refractivity contribution in [2.45, 2.75) is 57.4 Å². The van der Waals surface area contributed by atoms with Crippen molar-refractivity contribution in [3.63, 3.8) is 0 Å². The van der Waals surface area contributed by atoms with Gasteiger partial charge in [0.1, 0.15) is 0 Å². The molecule has 0 aromatic heterocycles. The Morgan fingerprint density at radius 3 is 2.20 bits per heavy atom. The average Bonchev–Trinajstić information content (AvgIpc) is 2.29. The third-order valence-corrected chi connectivity index (χ3v) is 6.03. The molecule has 0 bridgehead atoms. The molecule has 1 saturated carbocycles. The quantitative estimate of drug-likeness (QED) is 0.799. The lowest BCUT2D eigenvalue weighted by Gasteiger charge is -2.35. The molecule has 0 aromatic rings. The highest BCUT2D eigenvalue weighted by atomic mass is 32.2. The first-order valence-electron chi connectivity index (χ1n) is 6.65. The molecule has 0 spiro atoms. The van der Waals surface area contributed by atoms with Crippen molar-refractivity contribution in [2.24, 2.45) is 11.3 Å². The summed E-state index contributed by atoms with van der Waals surface area (Å²) in [6.07, 6.45) is -3.14. The maximum absolute atomic E-state index is 12.1. The molecule has 0 heterocycles. The Balaban J connectivity index is 2.74. The number of halogens is 3. The number of hydrogen-bond acceptors (Lipinski definition) is 3. The van der Waals surface area contributed by atoms with E-state index in [-0.39, 0.29) is 11.3 Å². The third-order valence-electron chi connectivity index (χ3n) is 4.00. The molecular weight excluding hydrogens is 291 g/mol. The highest BCUT2D eigenvalue weighted by Gasteiger charge is 2.40. The van der Waals surface area contributed by atoms with Crippen LogP contribution in [0.3, 0.4) is 0 Å². The van der Waals surface area contributed by atoms with Crippen LogP contribution >= 0.6 is 0 Å². The molecule has 0 saturated heterocycles. The van der Waals surface area contributed by atoms with E-state index >= 15 is 0 Å². The lowest BCUT2D eigenvalue weighted by molar-refractivity contribution is -0.129. The van der Waals surface area contributed by atoms with Crippen molar-refractivity contribution in [1.29, 1.82) is 5.26 Å². The van der Waals surface area contributed by atoms with Crippen LogP contribution in [0, 0.1) is 22.7 Å². The van der Waals surface area contributed by atoms with Crippen molar-refractivity contribution in [1.82, 2.24) is 0 Å². The highest BCUT2D eigenvalue weighted by Crippen LogP contribution is 2.40. The van der Waals surface area contributed by atoms with E-state index in [2.05, 4.69) is 13.8 Å². The molecule has 1 aliphatic rings. The summed E-state index contributed by atoms with van der Waals surface area (Å²) in [5.41, 5.74) is 0.117. The van der Waals surface area contributed by atoms with E-state index in [9.17, 15) is 21.6 Å². The van der Waals surface area contributed by atoms with Crippen molar-refractivity contribution in [3.8, 4) is 6.07 Å². The molecule has 0 N–H and O–H groups in total. The lowest BCUT2D eigenvalue weighted by Crippen LogP contribution is -2.35. The lowest BCUT2D eigenvalue weighted by atomic mass is 9.72. The normalized spacial score (nSPS) is 22.2. The minimum absolute atomic E-state index is 0.117. The average molecular weight is 311 g/mol. The number of nitriles is 1. The minimum atomic E-state index is -4.51. The Labute approximate surface area is 118 Å². The van der Waals surface area contributed by atoms with Gasteiger partial charge in [-0.25, -0.2) is 8.42 Å². The van der Waals surface area contributed by atoms with E-state index in [0.29, 0.717) is 12.8 Å². The van der Waals surface area contributed by atoms with Crippen LogP contribution in [0.15, 0.2) is 0 Å². The molecule has 3 nitrogen and oxygen atoms in total. The Bertz CT molecular complexity index is 467. The molecule has 1 fully saturated rings. The SMILES string of the molecule is CC1(C)CCC(C(C#N)S(=O)(=O)CCC(F)(F)F)CC1.